The first-order valence-corrected chi connectivity index (χ1v) is 16.2. The van der Waals surface area contributed by atoms with Crippen LogP contribution in [-0.4, -0.2) is 0 Å². The summed E-state index contributed by atoms with van der Waals surface area (Å²) in [4.78, 5) is 0. The van der Waals surface area contributed by atoms with Crippen molar-refractivity contribution in [1.82, 2.24) is 0 Å². The lowest BCUT2D eigenvalue weighted by Crippen LogP contribution is -2.03. The van der Waals surface area contributed by atoms with Crippen molar-refractivity contribution in [3.8, 4) is 33.4 Å². The van der Waals surface area contributed by atoms with E-state index in [0.717, 1.165) is 0 Å². The fourth-order valence-corrected chi connectivity index (χ4v) is 7.19. The number of rotatable bonds is 6. The maximum Gasteiger partial charge on any atom is 0.166 e. The summed E-state index contributed by atoms with van der Waals surface area (Å²) in [7, 11) is 0. The molecule has 0 amide bonds. The summed E-state index contributed by atoms with van der Waals surface area (Å²) in [6, 6.07) is 67.9. The molecular formula is C45H32N2. The predicted octanol–water partition coefficient (Wildman–Crippen LogP) is 11.9. The Bertz CT molecular complexity index is 2290. The van der Waals surface area contributed by atoms with Crippen molar-refractivity contribution in [3.63, 3.8) is 0 Å². The summed E-state index contributed by atoms with van der Waals surface area (Å²) < 4.78 is 0. The smallest absolute Gasteiger partial charge is 0.166 e. The number of hydrogen-bond acceptors (Lipinski definition) is 2. The number of nitrogens with zero attached hydrogens (tertiary/aromatic N) is 2. The molecule has 0 aliphatic carbocycles. The van der Waals surface area contributed by atoms with Crippen molar-refractivity contribution < 1.29 is 0 Å². The van der Waals surface area contributed by atoms with Gasteiger partial charge >= 0.3 is 0 Å². The van der Waals surface area contributed by atoms with Crippen LogP contribution >= 0.6 is 0 Å². The number of fused-ring (bicyclic) bond motifs is 2. The predicted molar refractivity (Wildman–Crippen MR) is 198 cm³/mol. The van der Waals surface area contributed by atoms with Crippen LogP contribution in [-0.2, 0) is 0 Å². The molecule has 1 atom stereocenters. The quantitative estimate of drug-likeness (QED) is 0.138. The van der Waals surface area contributed by atoms with E-state index in [1.807, 2.05) is 0 Å². The van der Waals surface area contributed by atoms with E-state index in [1.165, 1.54) is 71.9 Å². The molecule has 2 nitrogen and oxygen atoms in total. The molecule has 47 heavy (non-hydrogen) atoms. The number of hydrazine groups is 1. The van der Waals surface area contributed by atoms with E-state index >= 15 is 0 Å². The van der Waals surface area contributed by atoms with E-state index in [2.05, 4.69) is 198 Å². The Morgan fingerprint density at radius 1 is 0.298 bits per heavy atom. The van der Waals surface area contributed by atoms with Crippen molar-refractivity contribution in [3.05, 3.63) is 194 Å². The highest BCUT2D eigenvalue weighted by molar-refractivity contribution is 6.21. The molecule has 1 unspecified atom stereocenters. The summed E-state index contributed by atoms with van der Waals surface area (Å²) in [6.07, 6.45) is 0.170. The lowest BCUT2D eigenvalue weighted by molar-refractivity contribution is 1.11. The standard InChI is InChI=1S/C45H32N2/c1-5-15-33(16-6-1)43-39-23-13-14-24-40(39)44(34-17-7-2-8-18-34)42-31-36(27-30-41(42)43)32-25-28-38(29-26-32)47-45(35-19-9-3-10-20-35)46(47)37-21-11-4-12-22-37/h1-31,45H. The highest BCUT2D eigenvalue weighted by Crippen LogP contribution is 2.49. The second-order valence-electron chi connectivity index (χ2n) is 12.1. The molecule has 1 heterocycles. The van der Waals surface area contributed by atoms with Gasteiger partial charge in [-0.1, -0.05) is 158 Å². The molecule has 1 saturated heterocycles. The average Bonchev–Trinajstić information content (AvgIpc) is 3.91. The zero-order valence-corrected chi connectivity index (χ0v) is 25.9. The van der Waals surface area contributed by atoms with Crippen LogP contribution in [0.5, 0.6) is 0 Å². The zero-order valence-electron chi connectivity index (χ0n) is 25.9. The minimum absolute atomic E-state index is 0.170. The first kappa shape index (κ1) is 27.2. The van der Waals surface area contributed by atoms with Crippen LogP contribution in [0.4, 0.5) is 11.4 Å². The van der Waals surface area contributed by atoms with Gasteiger partial charge in [-0.15, -0.1) is 0 Å². The molecule has 2 heteroatoms. The molecule has 8 aromatic carbocycles. The summed E-state index contributed by atoms with van der Waals surface area (Å²) in [5.41, 5.74) is 11.1. The van der Waals surface area contributed by atoms with Gasteiger partial charge in [0.25, 0.3) is 0 Å². The Balaban J connectivity index is 1.17. The van der Waals surface area contributed by atoms with Crippen molar-refractivity contribution >= 4 is 32.9 Å². The molecule has 8 aromatic rings. The highest BCUT2D eigenvalue weighted by atomic mass is 15.9. The van der Waals surface area contributed by atoms with Gasteiger partial charge in [-0.3, -0.25) is 10.0 Å². The third-order valence-corrected chi connectivity index (χ3v) is 9.37. The fourth-order valence-electron chi connectivity index (χ4n) is 7.19. The SMILES string of the molecule is c1ccc(-c2c3ccccc3c(-c3ccccc3)c3cc(-c4ccc(N5C(c6ccccc6)N5c5ccccc5)cc4)ccc23)cc1. The van der Waals surface area contributed by atoms with Gasteiger partial charge in [-0.25, -0.2) is 0 Å². The second-order valence-corrected chi connectivity index (χ2v) is 12.1. The van der Waals surface area contributed by atoms with E-state index in [0.29, 0.717) is 0 Å². The maximum atomic E-state index is 2.39. The topological polar surface area (TPSA) is 6.02 Å². The van der Waals surface area contributed by atoms with Crippen molar-refractivity contribution in [1.29, 1.82) is 0 Å². The van der Waals surface area contributed by atoms with Crippen LogP contribution in [0.1, 0.15) is 11.7 Å². The second kappa shape index (κ2) is 11.3. The first-order valence-electron chi connectivity index (χ1n) is 16.2. The van der Waals surface area contributed by atoms with E-state index in [1.54, 1.807) is 0 Å². The summed E-state index contributed by atoms with van der Waals surface area (Å²) in [6.45, 7) is 0. The number of benzene rings is 8. The molecular weight excluding hydrogens is 569 g/mol. The molecule has 0 radical (unpaired) electrons. The van der Waals surface area contributed by atoms with Crippen LogP contribution in [0.25, 0.3) is 54.9 Å². The Morgan fingerprint density at radius 3 is 1.30 bits per heavy atom. The van der Waals surface area contributed by atoms with Crippen LogP contribution in [0.2, 0.25) is 0 Å². The van der Waals surface area contributed by atoms with E-state index in [-0.39, 0.29) is 6.17 Å². The van der Waals surface area contributed by atoms with Gasteiger partial charge in [0.1, 0.15) is 0 Å². The lowest BCUT2D eigenvalue weighted by Gasteiger charge is -2.18. The van der Waals surface area contributed by atoms with Crippen molar-refractivity contribution in [2.45, 2.75) is 6.17 Å². The monoisotopic (exact) mass is 600 g/mol. The lowest BCUT2D eigenvalue weighted by atomic mass is 9.85. The normalized spacial score (nSPS) is 14.1. The van der Waals surface area contributed by atoms with Gasteiger partial charge in [0.05, 0.1) is 11.4 Å². The Labute approximate surface area is 275 Å². The van der Waals surface area contributed by atoms with Gasteiger partial charge in [-0.2, -0.15) is 0 Å². The van der Waals surface area contributed by atoms with E-state index in [9.17, 15) is 0 Å². The van der Waals surface area contributed by atoms with E-state index < -0.39 is 0 Å². The zero-order chi connectivity index (χ0) is 31.2. The summed E-state index contributed by atoms with van der Waals surface area (Å²) in [5, 5.41) is 9.82. The molecule has 1 fully saturated rings. The molecule has 0 aromatic heterocycles. The number of hydrogen-bond donors (Lipinski definition) is 0. The van der Waals surface area contributed by atoms with Gasteiger partial charge in [-0.05, 0) is 90.8 Å². The minimum Gasteiger partial charge on any atom is -0.254 e. The average molecular weight is 601 g/mol. The van der Waals surface area contributed by atoms with Crippen LogP contribution in [0.15, 0.2) is 188 Å². The van der Waals surface area contributed by atoms with Gasteiger partial charge in [0.15, 0.2) is 6.17 Å². The van der Waals surface area contributed by atoms with Gasteiger partial charge in [0.2, 0.25) is 0 Å². The van der Waals surface area contributed by atoms with Gasteiger partial charge < -0.3 is 0 Å². The van der Waals surface area contributed by atoms with Crippen LogP contribution < -0.4 is 10.0 Å². The van der Waals surface area contributed by atoms with Crippen molar-refractivity contribution in [2.75, 3.05) is 10.0 Å². The summed E-state index contributed by atoms with van der Waals surface area (Å²) in [5.74, 6) is 0. The van der Waals surface area contributed by atoms with Gasteiger partial charge in [0, 0.05) is 0 Å². The van der Waals surface area contributed by atoms with Crippen LogP contribution in [0, 0.1) is 0 Å². The molecule has 1 aliphatic rings. The largest absolute Gasteiger partial charge is 0.254 e. The van der Waals surface area contributed by atoms with Crippen LogP contribution in [0.3, 0.4) is 0 Å². The molecule has 0 bridgehead atoms. The Morgan fingerprint density at radius 2 is 0.723 bits per heavy atom. The number of para-hydroxylation sites is 1. The fraction of sp³-hybridized carbons (Fsp3) is 0.0222. The molecule has 0 N–H and O–H groups in total. The molecule has 9 rings (SSSR count). The molecule has 0 saturated carbocycles. The highest BCUT2D eigenvalue weighted by Gasteiger charge is 2.46. The summed E-state index contributed by atoms with van der Waals surface area (Å²) >= 11 is 0. The Kier molecular flexibility index (Phi) is 6.57. The first-order chi connectivity index (χ1) is 23.3. The third-order valence-electron chi connectivity index (χ3n) is 9.37. The van der Waals surface area contributed by atoms with Crippen molar-refractivity contribution in [2.24, 2.45) is 0 Å². The number of anilines is 2. The molecule has 0 spiro atoms. The maximum absolute atomic E-state index is 2.39. The van der Waals surface area contributed by atoms with E-state index in [4.69, 9.17) is 0 Å². The Hall–Kier alpha value is -6.12. The molecule has 222 valence electrons. The minimum atomic E-state index is 0.170. The third kappa shape index (κ3) is 4.74. The molecule has 1 aliphatic heterocycles.